The number of carboxylic acids is 1. The summed E-state index contributed by atoms with van der Waals surface area (Å²) >= 11 is 12.1. The summed E-state index contributed by atoms with van der Waals surface area (Å²) < 4.78 is 2.67. The third kappa shape index (κ3) is 5.96. The molecule has 36 heavy (non-hydrogen) atoms. The number of carboxylic acid groups (broad SMARTS) is 1. The summed E-state index contributed by atoms with van der Waals surface area (Å²) in [5, 5.41) is 19.8. The molecule has 0 saturated heterocycles. The van der Waals surface area contributed by atoms with Crippen molar-refractivity contribution in [2.75, 3.05) is 6.54 Å². The van der Waals surface area contributed by atoms with Crippen LogP contribution >= 0.6 is 23.2 Å². The summed E-state index contributed by atoms with van der Waals surface area (Å²) in [5.74, 6) is -1.53. The second-order valence-corrected chi connectivity index (χ2v) is 8.63. The molecule has 184 valence electrons. The van der Waals surface area contributed by atoms with Crippen LogP contribution in [0.3, 0.4) is 0 Å². The van der Waals surface area contributed by atoms with E-state index in [9.17, 15) is 14.4 Å². The van der Waals surface area contributed by atoms with Crippen molar-refractivity contribution in [3.63, 3.8) is 0 Å². The molecule has 0 saturated carbocycles. The lowest BCUT2D eigenvalue weighted by atomic mass is 10.0. The molecule has 2 aromatic heterocycles. The molecular formula is C24H20Cl2N6O4. The summed E-state index contributed by atoms with van der Waals surface area (Å²) in [6.45, 7) is -0.0634. The number of aromatic nitrogens is 5. The van der Waals surface area contributed by atoms with Gasteiger partial charge in [-0.05, 0) is 23.8 Å². The van der Waals surface area contributed by atoms with Crippen LogP contribution < -0.4 is 10.9 Å². The number of nitrogens with zero attached hydrogens (tertiary/aromatic N) is 5. The van der Waals surface area contributed by atoms with Gasteiger partial charge >= 0.3 is 5.97 Å². The quantitative estimate of drug-likeness (QED) is 0.342. The topological polar surface area (TPSA) is 132 Å². The number of halogens is 2. The predicted octanol–water partition coefficient (Wildman–Crippen LogP) is 3.17. The molecule has 4 aromatic rings. The van der Waals surface area contributed by atoms with Gasteiger partial charge in [-0.1, -0.05) is 58.7 Å². The number of benzene rings is 2. The Morgan fingerprint density at radius 2 is 1.86 bits per heavy atom. The summed E-state index contributed by atoms with van der Waals surface area (Å²) in [6, 6.07) is 14.5. The van der Waals surface area contributed by atoms with Gasteiger partial charge in [0, 0.05) is 29.6 Å². The van der Waals surface area contributed by atoms with E-state index in [1.165, 1.54) is 27.8 Å². The Hall–Kier alpha value is -4.02. The molecule has 0 bridgehead atoms. The molecule has 0 aliphatic heterocycles. The fourth-order valence-corrected chi connectivity index (χ4v) is 3.93. The highest BCUT2D eigenvalue weighted by atomic mass is 35.5. The molecule has 2 N–H and O–H groups in total. The Labute approximate surface area is 215 Å². The first kappa shape index (κ1) is 25.1. The number of rotatable bonds is 9. The first-order chi connectivity index (χ1) is 17.3. The van der Waals surface area contributed by atoms with Crippen LogP contribution in [0.1, 0.15) is 18.0 Å². The van der Waals surface area contributed by atoms with Gasteiger partial charge in [0.15, 0.2) is 5.15 Å². The van der Waals surface area contributed by atoms with E-state index in [1.54, 1.807) is 18.2 Å². The van der Waals surface area contributed by atoms with Crippen LogP contribution in [-0.2, 0) is 16.0 Å². The molecule has 0 aliphatic carbocycles. The molecule has 10 nitrogen and oxygen atoms in total. The van der Waals surface area contributed by atoms with Crippen LogP contribution in [0.2, 0.25) is 10.2 Å². The fourth-order valence-electron chi connectivity index (χ4n) is 3.63. The molecule has 2 aromatic carbocycles. The molecule has 1 amide bonds. The maximum absolute atomic E-state index is 13.2. The van der Waals surface area contributed by atoms with Crippen molar-refractivity contribution >= 4 is 35.1 Å². The zero-order valence-electron chi connectivity index (χ0n) is 18.7. The van der Waals surface area contributed by atoms with Gasteiger partial charge < -0.3 is 10.4 Å². The van der Waals surface area contributed by atoms with Crippen molar-refractivity contribution < 1.29 is 14.7 Å². The number of nitrogens with one attached hydrogen (secondary N) is 1. The van der Waals surface area contributed by atoms with Crippen LogP contribution in [0.5, 0.6) is 0 Å². The molecule has 2 heterocycles. The Morgan fingerprint density at radius 1 is 1.08 bits per heavy atom. The highest BCUT2D eigenvalue weighted by molar-refractivity contribution is 6.31. The lowest BCUT2D eigenvalue weighted by Crippen LogP contribution is -2.39. The van der Waals surface area contributed by atoms with Crippen LogP contribution in [0, 0.1) is 0 Å². The van der Waals surface area contributed by atoms with Crippen molar-refractivity contribution in [2.24, 2.45) is 0 Å². The summed E-state index contributed by atoms with van der Waals surface area (Å²) in [4.78, 5) is 41.5. The van der Waals surface area contributed by atoms with Gasteiger partial charge in [0.2, 0.25) is 5.91 Å². The normalized spacial score (nSPS) is 11.7. The van der Waals surface area contributed by atoms with E-state index in [0.717, 1.165) is 5.56 Å². The van der Waals surface area contributed by atoms with Gasteiger partial charge in [-0.25, -0.2) is 9.67 Å². The van der Waals surface area contributed by atoms with Crippen LogP contribution in [0.15, 0.2) is 71.9 Å². The van der Waals surface area contributed by atoms with Gasteiger partial charge in [-0.2, -0.15) is 0 Å². The van der Waals surface area contributed by atoms with Gasteiger partial charge in [0.25, 0.3) is 5.56 Å². The number of carbonyl (C=O) groups is 2. The van der Waals surface area contributed by atoms with Gasteiger partial charge in [0.1, 0.15) is 6.04 Å². The lowest BCUT2D eigenvalue weighted by molar-refractivity contribution is -0.137. The molecule has 4 rings (SSSR count). The Morgan fingerprint density at radius 3 is 2.53 bits per heavy atom. The Balaban J connectivity index is 1.70. The second kappa shape index (κ2) is 11.1. The number of aliphatic carboxylic acids is 1. The van der Waals surface area contributed by atoms with E-state index in [4.69, 9.17) is 28.3 Å². The molecule has 1 unspecified atom stereocenters. The first-order valence-electron chi connectivity index (χ1n) is 10.8. The van der Waals surface area contributed by atoms with E-state index in [-0.39, 0.29) is 24.5 Å². The highest BCUT2D eigenvalue weighted by Gasteiger charge is 2.23. The summed E-state index contributed by atoms with van der Waals surface area (Å²) in [7, 11) is 0. The van der Waals surface area contributed by atoms with E-state index in [1.807, 2.05) is 30.3 Å². The van der Waals surface area contributed by atoms with Gasteiger partial charge in [-0.15, -0.1) is 5.10 Å². The van der Waals surface area contributed by atoms with E-state index in [0.29, 0.717) is 22.0 Å². The van der Waals surface area contributed by atoms with E-state index >= 15 is 0 Å². The summed E-state index contributed by atoms with van der Waals surface area (Å²) in [6.07, 6.45) is 2.77. The standard InChI is InChI=1S/C24H20Cl2N6O4/c25-16-6-7-19(32-13-21(26)29-30-32)17(11-16)18-12-22(33)31(14-28-18)20(10-15-4-2-1-3-5-15)24(36)27-9-8-23(34)35/h1-7,11-14,20H,8-10H2,(H,27,36)(H,34,35). The lowest BCUT2D eigenvalue weighted by Gasteiger charge is -2.20. The minimum atomic E-state index is -1.04. The zero-order chi connectivity index (χ0) is 25.7. The van der Waals surface area contributed by atoms with Crippen molar-refractivity contribution in [1.82, 2.24) is 29.9 Å². The highest BCUT2D eigenvalue weighted by Crippen LogP contribution is 2.28. The van der Waals surface area contributed by atoms with Crippen LogP contribution in [0.4, 0.5) is 0 Å². The molecule has 0 fully saturated rings. The van der Waals surface area contributed by atoms with Crippen molar-refractivity contribution in [1.29, 1.82) is 0 Å². The summed E-state index contributed by atoms with van der Waals surface area (Å²) in [5.41, 5.74) is 1.73. The van der Waals surface area contributed by atoms with E-state index < -0.39 is 23.5 Å². The number of hydrogen-bond acceptors (Lipinski definition) is 6. The Kier molecular flexibility index (Phi) is 7.77. The minimum Gasteiger partial charge on any atom is -0.481 e. The number of amides is 1. The van der Waals surface area contributed by atoms with Crippen LogP contribution in [0.25, 0.3) is 16.9 Å². The molecule has 0 aliphatic rings. The van der Waals surface area contributed by atoms with Gasteiger partial charge in [0.05, 0.1) is 30.3 Å². The van der Waals surface area contributed by atoms with Gasteiger partial charge in [-0.3, -0.25) is 19.0 Å². The smallest absolute Gasteiger partial charge is 0.305 e. The first-order valence-corrected chi connectivity index (χ1v) is 11.6. The predicted molar refractivity (Wildman–Crippen MR) is 133 cm³/mol. The van der Waals surface area contributed by atoms with Crippen molar-refractivity contribution in [3.05, 3.63) is 93.2 Å². The van der Waals surface area contributed by atoms with E-state index in [2.05, 4.69) is 20.6 Å². The van der Waals surface area contributed by atoms with Crippen molar-refractivity contribution in [2.45, 2.75) is 18.9 Å². The molecule has 0 spiro atoms. The van der Waals surface area contributed by atoms with Crippen molar-refractivity contribution in [3.8, 4) is 16.9 Å². The maximum Gasteiger partial charge on any atom is 0.305 e. The average molecular weight is 527 g/mol. The number of carbonyl (C=O) groups excluding carboxylic acids is 1. The average Bonchev–Trinajstić information content (AvgIpc) is 3.29. The Bertz CT molecular complexity index is 1450. The maximum atomic E-state index is 13.2. The minimum absolute atomic E-state index is 0.0634. The largest absolute Gasteiger partial charge is 0.481 e. The molecule has 1 atom stereocenters. The van der Waals surface area contributed by atoms with Crippen LogP contribution in [-0.4, -0.2) is 48.1 Å². The molecular weight excluding hydrogens is 507 g/mol. The fraction of sp³-hybridized carbons (Fsp3) is 0.167. The second-order valence-electron chi connectivity index (χ2n) is 7.81. The molecule has 0 radical (unpaired) electrons. The third-order valence-electron chi connectivity index (χ3n) is 5.33. The number of hydrogen-bond donors (Lipinski definition) is 2. The molecule has 12 heteroatoms. The third-order valence-corrected chi connectivity index (χ3v) is 5.74. The SMILES string of the molecule is O=C(O)CCNC(=O)C(Cc1ccccc1)n1cnc(-c2cc(Cl)ccc2-n2cc(Cl)nn2)cc1=O. The zero-order valence-corrected chi connectivity index (χ0v) is 20.2. The monoisotopic (exact) mass is 526 g/mol.